The van der Waals surface area contributed by atoms with E-state index in [-0.39, 0.29) is 13.1 Å². The zero-order chi connectivity index (χ0) is 17.4. The number of aromatic nitrogens is 2. The molecule has 0 bridgehead atoms. The van der Waals surface area contributed by atoms with Crippen molar-refractivity contribution in [2.24, 2.45) is 0 Å². The van der Waals surface area contributed by atoms with Crippen LogP contribution in [0.25, 0.3) is 10.9 Å². The molecule has 3 rings (SSSR count). The molecule has 2 heterocycles. The molecule has 8 nitrogen and oxygen atoms in total. The van der Waals surface area contributed by atoms with Crippen LogP contribution in [0.3, 0.4) is 0 Å². The van der Waals surface area contributed by atoms with Gasteiger partial charge in [0, 0.05) is 22.9 Å². The lowest BCUT2D eigenvalue weighted by Crippen LogP contribution is -2.58. The van der Waals surface area contributed by atoms with Crippen LogP contribution in [-0.4, -0.2) is 62.8 Å². The van der Waals surface area contributed by atoms with Gasteiger partial charge in [0.15, 0.2) is 0 Å². The lowest BCUT2D eigenvalue weighted by molar-refractivity contribution is -0.142. The Morgan fingerprint density at radius 2 is 2.00 bits per heavy atom. The summed E-state index contributed by atoms with van der Waals surface area (Å²) in [5.41, 5.74) is 0.626. The van der Waals surface area contributed by atoms with Gasteiger partial charge in [-0.05, 0) is 28.1 Å². The number of nitrogens with zero attached hydrogens (tertiary/aromatic N) is 4. The minimum absolute atomic E-state index is 0.00793. The standard InChI is InChI=1S/C14H12BrClN4O4/c15-8-3-7-10(4-9(8)16)17-6-18-12(7)19-1-2-20(14(23)24)11(5-19)13(21)22/h3-4,6,11H,1-2,5H2,(H,21,22)(H,23,24). The molecular weight excluding hydrogens is 404 g/mol. The van der Waals surface area contributed by atoms with Gasteiger partial charge in [-0.2, -0.15) is 0 Å². The molecule has 0 spiro atoms. The summed E-state index contributed by atoms with van der Waals surface area (Å²) in [7, 11) is 0. The van der Waals surface area contributed by atoms with Crippen LogP contribution in [0.4, 0.5) is 10.6 Å². The number of amides is 1. The van der Waals surface area contributed by atoms with E-state index in [1.807, 2.05) is 0 Å². The number of rotatable bonds is 2. The molecule has 0 radical (unpaired) electrons. The first-order valence-electron chi connectivity index (χ1n) is 6.95. The summed E-state index contributed by atoms with van der Waals surface area (Å²) in [6.45, 7) is 0.420. The molecule has 1 aromatic carbocycles. The van der Waals surface area contributed by atoms with Crippen molar-refractivity contribution in [3.8, 4) is 0 Å². The number of benzene rings is 1. The molecule has 126 valence electrons. The molecule has 1 fully saturated rings. The lowest BCUT2D eigenvalue weighted by Gasteiger charge is -2.38. The second kappa shape index (κ2) is 6.40. The molecule has 1 amide bonds. The van der Waals surface area contributed by atoms with Crippen LogP contribution >= 0.6 is 27.5 Å². The summed E-state index contributed by atoms with van der Waals surface area (Å²) in [5, 5.41) is 19.7. The van der Waals surface area contributed by atoms with Crippen molar-refractivity contribution in [1.82, 2.24) is 14.9 Å². The third-order valence-electron chi connectivity index (χ3n) is 3.87. The first-order valence-corrected chi connectivity index (χ1v) is 8.12. The number of anilines is 1. The predicted molar refractivity (Wildman–Crippen MR) is 90.6 cm³/mol. The van der Waals surface area contributed by atoms with Crippen molar-refractivity contribution in [3.63, 3.8) is 0 Å². The molecule has 1 aromatic heterocycles. The number of carboxylic acid groups (broad SMARTS) is 2. The molecule has 1 aliphatic rings. The summed E-state index contributed by atoms with van der Waals surface area (Å²) in [6, 6.07) is 2.30. The molecule has 1 aliphatic heterocycles. The molecular formula is C14H12BrClN4O4. The number of fused-ring (bicyclic) bond motifs is 1. The van der Waals surface area contributed by atoms with Gasteiger partial charge in [0.05, 0.1) is 17.1 Å². The fourth-order valence-corrected chi connectivity index (χ4v) is 3.21. The van der Waals surface area contributed by atoms with Gasteiger partial charge in [0.2, 0.25) is 0 Å². The summed E-state index contributed by atoms with van der Waals surface area (Å²) < 4.78 is 0.673. The first kappa shape index (κ1) is 16.7. The fourth-order valence-electron chi connectivity index (χ4n) is 2.71. The van der Waals surface area contributed by atoms with Crippen LogP contribution in [-0.2, 0) is 4.79 Å². The van der Waals surface area contributed by atoms with Crippen molar-refractivity contribution in [2.75, 3.05) is 24.5 Å². The Labute approximate surface area is 149 Å². The predicted octanol–water partition coefficient (Wildman–Crippen LogP) is 2.30. The minimum Gasteiger partial charge on any atom is -0.480 e. The van der Waals surface area contributed by atoms with E-state index in [0.717, 1.165) is 4.90 Å². The molecule has 2 aromatic rings. The monoisotopic (exact) mass is 414 g/mol. The molecule has 1 unspecified atom stereocenters. The van der Waals surface area contributed by atoms with Gasteiger partial charge in [-0.1, -0.05) is 11.6 Å². The lowest BCUT2D eigenvalue weighted by atomic mass is 10.1. The Kier molecular flexibility index (Phi) is 4.46. The van der Waals surface area contributed by atoms with E-state index >= 15 is 0 Å². The van der Waals surface area contributed by atoms with Crippen molar-refractivity contribution in [1.29, 1.82) is 0 Å². The quantitative estimate of drug-likeness (QED) is 0.775. The van der Waals surface area contributed by atoms with E-state index in [2.05, 4.69) is 25.9 Å². The molecule has 2 N–H and O–H groups in total. The number of carboxylic acids is 1. The SMILES string of the molecule is O=C(O)C1CN(c2ncnc3cc(Cl)c(Br)cc23)CCN1C(=O)O. The smallest absolute Gasteiger partial charge is 0.408 e. The van der Waals surface area contributed by atoms with E-state index in [0.29, 0.717) is 32.8 Å². The van der Waals surface area contributed by atoms with E-state index in [9.17, 15) is 14.7 Å². The average molecular weight is 416 g/mol. The maximum absolute atomic E-state index is 11.4. The highest BCUT2D eigenvalue weighted by Gasteiger charge is 2.36. The van der Waals surface area contributed by atoms with E-state index in [1.165, 1.54) is 6.33 Å². The fraction of sp³-hybridized carbons (Fsp3) is 0.286. The molecule has 1 atom stereocenters. The molecule has 1 saturated heterocycles. The Bertz CT molecular complexity index is 834. The van der Waals surface area contributed by atoms with Gasteiger partial charge in [0.1, 0.15) is 18.2 Å². The van der Waals surface area contributed by atoms with Gasteiger partial charge in [-0.25, -0.2) is 19.6 Å². The Morgan fingerprint density at radius 3 is 2.67 bits per heavy atom. The largest absolute Gasteiger partial charge is 0.480 e. The van der Waals surface area contributed by atoms with Crippen LogP contribution in [0.2, 0.25) is 5.02 Å². The third-order valence-corrected chi connectivity index (χ3v) is 5.06. The van der Waals surface area contributed by atoms with Gasteiger partial charge < -0.3 is 15.1 Å². The van der Waals surface area contributed by atoms with Crippen LogP contribution in [0.5, 0.6) is 0 Å². The number of aliphatic carboxylic acids is 1. The number of hydrogen-bond donors (Lipinski definition) is 2. The summed E-state index contributed by atoms with van der Waals surface area (Å²) in [5.74, 6) is -0.640. The van der Waals surface area contributed by atoms with E-state index in [4.69, 9.17) is 16.7 Å². The molecule has 24 heavy (non-hydrogen) atoms. The molecule has 10 heteroatoms. The van der Waals surface area contributed by atoms with Crippen molar-refractivity contribution >= 4 is 56.3 Å². The van der Waals surface area contributed by atoms with Crippen molar-refractivity contribution < 1.29 is 19.8 Å². The Balaban J connectivity index is 2.01. The Hall–Kier alpha value is -2.13. The van der Waals surface area contributed by atoms with Crippen LogP contribution in [0, 0.1) is 0 Å². The first-order chi connectivity index (χ1) is 11.4. The number of halogens is 2. The highest BCUT2D eigenvalue weighted by molar-refractivity contribution is 9.10. The topological polar surface area (TPSA) is 107 Å². The average Bonchev–Trinajstić information content (AvgIpc) is 2.54. The maximum Gasteiger partial charge on any atom is 0.408 e. The number of carbonyl (C=O) groups is 2. The second-order valence-electron chi connectivity index (χ2n) is 5.26. The van der Waals surface area contributed by atoms with E-state index < -0.39 is 18.1 Å². The second-order valence-corrected chi connectivity index (χ2v) is 6.52. The summed E-state index contributed by atoms with van der Waals surface area (Å²) >= 11 is 9.43. The number of piperazine rings is 1. The van der Waals surface area contributed by atoms with Crippen molar-refractivity contribution in [3.05, 3.63) is 28.0 Å². The van der Waals surface area contributed by atoms with Gasteiger partial charge in [-0.3, -0.25) is 4.90 Å². The number of hydrogen-bond acceptors (Lipinski definition) is 5. The van der Waals surface area contributed by atoms with E-state index in [1.54, 1.807) is 17.0 Å². The van der Waals surface area contributed by atoms with Gasteiger partial charge >= 0.3 is 12.1 Å². The zero-order valence-electron chi connectivity index (χ0n) is 12.2. The molecule has 0 saturated carbocycles. The highest BCUT2D eigenvalue weighted by Crippen LogP contribution is 2.32. The zero-order valence-corrected chi connectivity index (χ0v) is 14.5. The summed E-state index contributed by atoms with van der Waals surface area (Å²) in [4.78, 5) is 33.7. The summed E-state index contributed by atoms with van der Waals surface area (Å²) in [6.07, 6.45) is 0.130. The maximum atomic E-state index is 11.4. The van der Waals surface area contributed by atoms with Gasteiger partial charge in [-0.15, -0.1) is 0 Å². The third kappa shape index (κ3) is 2.96. The van der Waals surface area contributed by atoms with Crippen LogP contribution in [0.1, 0.15) is 0 Å². The van der Waals surface area contributed by atoms with Crippen LogP contribution < -0.4 is 4.90 Å². The minimum atomic E-state index is -1.25. The van der Waals surface area contributed by atoms with Gasteiger partial charge in [0.25, 0.3) is 0 Å². The normalized spacial score (nSPS) is 18.0. The molecule has 0 aliphatic carbocycles. The van der Waals surface area contributed by atoms with Crippen LogP contribution in [0.15, 0.2) is 22.9 Å². The van der Waals surface area contributed by atoms with Crippen molar-refractivity contribution in [2.45, 2.75) is 6.04 Å². The Morgan fingerprint density at radius 1 is 1.25 bits per heavy atom. The highest BCUT2D eigenvalue weighted by atomic mass is 79.9.